The Morgan fingerprint density at radius 2 is 1.82 bits per heavy atom. The number of likely N-dealkylation sites (N-methyl/N-ethyl adjacent to an activating group) is 2. The van der Waals surface area contributed by atoms with Gasteiger partial charge in [-0.05, 0) is 36.2 Å². The summed E-state index contributed by atoms with van der Waals surface area (Å²) < 4.78 is 5.44. The fourth-order valence-corrected chi connectivity index (χ4v) is 4.04. The number of ether oxygens (including phenoxy) is 1. The maximum Gasteiger partial charge on any atom is 0.328 e. The van der Waals surface area contributed by atoms with E-state index in [0.717, 1.165) is 5.56 Å². The normalized spacial score (nSPS) is 13.3. The number of carboxylic acid groups (broad SMARTS) is 1. The van der Waals surface area contributed by atoms with Gasteiger partial charge in [0.25, 0.3) is 0 Å². The summed E-state index contributed by atoms with van der Waals surface area (Å²) in [5.41, 5.74) is 2.78. The van der Waals surface area contributed by atoms with Gasteiger partial charge in [0.05, 0.1) is 32.3 Å². The van der Waals surface area contributed by atoms with Crippen LogP contribution in [0.5, 0.6) is 5.75 Å². The number of carbonyl (C=O) groups is 4. The molecule has 1 heterocycles. The van der Waals surface area contributed by atoms with Crippen LogP contribution in [0.15, 0.2) is 47.6 Å². The number of hydrazone groups is 1. The van der Waals surface area contributed by atoms with E-state index >= 15 is 0 Å². The van der Waals surface area contributed by atoms with Crippen molar-refractivity contribution in [3.05, 3.63) is 53.6 Å². The molecule has 1 aliphatic heterocycles. The largest absolute Gasteiger partial charge is 0.495 e. The van der Waals surface area contributed by atoms with E-state index in [9.17, 15) is 24.3 Å². The quantitative estimate of drug-likeness (QED) is 0.328. The Morgan fingerprint density at radius 1 is 1.12 bits per heavy atom. The molecule has 0 saturated carbocycles. The molecule has 0 bridgehead atoms. The van der Waals surface area contributed by atoms with Gasteiger partial charge < -0.3 is 35.6 Å². The van der Waals surface area contributed by atoms with Crippen LogP contribution in [0.3, 0.4) is 0 Å². The maximum atomic E-state index is 13.0. The summed E-state index contributed by atoms with van der Waals surface area (Å²) in [5.74, 6) is -0.774. The van der Waals surface area contributed by atoms with Crippen molar-refractivity contribution in [2.24, 2.45) is 5.10 Å². The Hall–Kier alpha value is -4.81. The van der Waals surface area contributed by atoms with Gasteiger partial charge in [0.2, 0.25) is 11.8 Å². The zero-order valence-corrected chi connectivity index (χ0v) is 23.2. The van der Waals surface area contributed by atoms with E-state index in [2.05, 4.69) is 21.1 Å². The van der Waals surface area contributed by atoms with Gasteiger partial charge in [-0.15, -0.1) is 0 Å². The van der Waals surface area contributed by atoms with Crippen molar-refractivity contribution in [2.75, 3.05) is 51.6 Å². The SMILES string of the molecule is COc1cc(CC(=O)N(C)CC2=NN(CC(NC(C)=O)C(=O)O)CN2C)ccc1NC(=O)Nc1ccccc1C. The first-order chi connectivity index (χ1) is 19.0. The lowest BCUT2D eigenvalue weighted by molar-refractivity contribution is -0.142. The third-order valence-electron chi connectivity index (χ3n) is 6.21. The average Bonchev–Trinajstić information content (AvgIpc) is 3.23. The molecule has 1 aliphatic rings. The number of nitrogens with zero attached hydrogens (tertiary/aromatic N) is 4. The molecule has 13 heteroatoms. The van der Waals surface area contributed by atoms with E-state index < -0.39 is 23.9 Å². The molecule has 1 atom stereocenters. The molecule has 0 saturated heterocycles. The van der Waals surface area contributed by atoms with E-state index in [1.54, 1.807) is 32.3 Å². The van der Waals surface area contributed by atoms with Gasteiger partial charge in [-0.1, -0.05) is 24.3 Å². The molecule has 0 fully saturated rings. The summed E-state index contributed by atoms with van der Waals surface area (Å²) in [6, 6.07) is 11.0. The van der Waals surface area contributed by atoms with Crippen molar-refractivity contribution in [3.8, 4) is 5.75 Å². The van der Waals surface area contributed by atoms with Crippen LogP contribution in [-0.4, -0.2) is 96.6 Å². The Balaban J connectivity index is 1.59. The molecule has 4 amide bonds. The van der Waals surface area contributed by atoms with Crippen LogP contribution in [0.25, 0.3) is 0 Å². The molecule has 4 N–H and O–H groups in total. The summed E-state index contributed by atoms with van der Waals surface area (Å²) in [7, 11) is 4.93. The van der Waals surface area contributed by atoms with Crippen LogP contribution in [0, 0.1) is 6.92 Å². The highest BCUT2D eigenvalue weighted by Crippen LogP contribution is 2.26. The Bertz CT molecular complexity index is 1300. The first-order valence-corrected chi connectivity index (χ1v) is 12.5. The third-order valence-corrected chi connectivity index (χ3v) is 6.21. The summed E-state index contributed by atoms with van der Waals surface area (Å²) in [6.45, 7) is 3.67. The first-order valence-electron chi connectivity index (χ1n) is 12.5. The second-order valence-electron chi connectivity index (χ2n) is 9.49. The monoisotopic (exact) mass is 553 g/mol. The number of carboxylic acids is 1. The minimum absolute atomic E-state index is 0.0103. The maximum absolute atomic E-state index is 13.0. The number of benzene rings is 2. The summed E-state index contributed by atoms with van der Waals surface area (Å²) in [4.78, 5) is 51.5. The minimum atomic E-state index is -1.16. The zero-order valence-electron chi connectivity index (χ0n) is 23.2. The van der Waals surface area contributed by atoms with Crippen LogP contribution >= 0.6 is 0 Å². The molecule has 3 rings (SSSR count). The Labute approximate surface area is 232 Å². The smallest absolute Gasteiger partial charge is 0.328 e. The lowest BCUT2D eigenvalue weighted by atomic mass is 10.1. The highest BCUT2D eigenvalue weighted by atomic mass is 16.5. The van der Waals surface area contributed by atoms with Crippen molar-refractivity contribution in [1.29, 1.82) is 0 Å². The number of amidine groups is 1. The standard InChI is InChI=1S/C27H35N7O6/c1-17-8-6-7-9-20(17)29-27(39)30-21-11-10-19(12-23(21)40-5)13-25(36)32(3)15-24-31-34(16-33(24)4)14-22(26(37)38)28-18(2)35/h6-12,22H,13-16H2,1-5H3,(H,28,35)(H,37,38)(H2,29,30,39). The molecule has 0 aromatic heterocycles. The van der Waals surface area contributed by atoms with E-state index in [4.69, 9.17) is 4.74 Å². The third kappa shape index (κ3) is 8.09. The predicted octanol–water partition coefficient (Wildman–Crippen LogP) is 1.76. The number of aryl methyl sites for hydroxylation is 1. The highest BCUT2D eigenvalue weighted by Gasteiger charge is 2.27. The minimum Gasteiger partial charge on any atom is -0.495 e. The van der Waals surface area contributed by atoms with Gasteiger partial charge in [0.1, 0.15) is 24.3 Å². The van der Waals surface area contributed by atoms with Crippen molar-refractivity contribution >= 4 is 41.0 Å². The van der Waals surface area contributed by atoms with Crippen molar-refractivity contribution in [1.82, 2.24) is 20.1 Å². The number of para-hydroxylation sites is 1. The summed E-state index contributed by atoms with van der Waals surface area (Å²) in [5, 5.41) is 23.3. The van der Waals surface area contributed by atoms with Crippen molar-refractivity contribution < 1.29 is 29.0 Å². The van der Waals surface area contributed by atoms with Crippen molar-refractivity contribution in [3.63, 3.8) is 0 Å². The Morgan fingerprint density at radius 3 is 2.48 bits per heavy atom. The summed E-state index contributed by atoms with van der Waals surface area (Å²) in [6.07, 6.45) is 0.0902. The van der Waals surface area contributed by atoms with Gasteiger partial charge in [-0.25, -0.2) is 9.59 Å². The van der Waals surface area contributed by atoms with E-state index in [1.165, 1.54) is 23.9 Å². The molecular formula is C27H35N7O6. The molecule has 13 nitrogen and oxygen atoms in total. The fourth-order valence-electron chi connectivity index (χ4n) is 4.04. The molecular weight excluding hydrogens is 518 g/mol. The number of aliphatic carboxylic acids is 1. The van der Waals surface area contributed by atoms with Crippen LogP contribution in [0.4, 0.5) is 16.2 Å². The number of hydrogen-bond donors (Lipinski definition) is 4. The van der Waals surface area contributed by atoms with Crippen LogP contribution < -0.4 is 20.7 Å². The fraction of sp³-hybridized carbons (Fsp3) is 0.370. The zero-order chi connectivity index (χ0) is 29.4. The molecule has 40 heavy (non-hydrogen) atoms. The molecule has 0 spiro atoms. The molecule has 2 aromatic rings. The number of urea groups is 1. The van der Waals surface area contributed by atoms with E-state index in [1.807, 2.05) is 36.1 Å². The van der Waals surface area contributed by atoms with Crippen LogP contribution in [-0.2, 0) is 20.8 Å². The lowest BCUT2D eigenvalue weighted by Gasteiger charge is -2.22. The predicted molar refractivity (Wildman–Crippen MR) is 150 cm³/mol. The lowest BCUT2D eigenvalue weighted by Crippen LogP contribution is -2.47. The molecule has 1 unspecified atom stereocenters. The molecule has 2 aromatic carbocycles. The van der Waals surface area contributed by atoms with Crippen LogP contribution in [0.1, 0.15) is 18.1 Å². The number of nitrogens with one attached hydrogen (secondary N) is 3. The average molecular weight is 554 g/mol. The second kappa shape index (κ2) is 13.3. The van der Waals surface area contributed by atoms with Crippen LogP contribution in [0.2, 0.25) is 0 Å². The van der Waals surface area contributed by atoms with E-state index in [-0.39, 0.29) is 25.4 Å². The molecule has 214 valence electrons. The highest BCUT2D eigenvalue weighted by molar-refractivity contribution is 6.01. The Kier molecular flexibility index (Phi) is 9.90. The summed E-state index contributed by atoms with van der Waals surface area (Å²) >= 11 is 0. The number of hydrogen-bond acceptors (Lipinski definition) is 8. The number of anilines is 2. The van der Waals surface area contributed by atoms with Gasteiger partial charge in [0.15, 0.2) is 0 Å². The first kappa shape index (κ1) is 29.7. The topological polar surface area (TPSA) is 156 Å². The second-order valence-corrected chi connectivity index (χ2v) is 9.49. The molecule has 0 aliphatic carbocycles. The van der Waals surface area contributed by atoms with E-state index in [0.29, 0.717) is 35.2 Å². The molecule has 0 radical (unpaired) electrons. The number of methoxy groups -OCH3 is 1. The number of rotatable bonds is 11. The van der Waals surface area contributed by atoms with Gasteiger partial charge in [0, 0.05) is 26.7 Å². The van der Waals surface area contributed by atoms with Crippen molar-refractivity contribution in [2.45, 2.75) is 26.3 Å². The van der Waals surface area contributed by atoms with Gasteiger partial charge in [-0.3, -0.25) is 14.6 Å². The van der Waals surface area contributed by atoms with Gasteiger partial charge in [-0.2, -0.15) is 5.10 Å². The number of amides is 4. The number of carbonyl (C=O) groups excluding carboxylic acids is 3. The van der Waals surface area contributed by atoms with Gasteiger partial charge >= 0.3 is 12.0 Å².